The average Bonchev–Trinajstić information content (AvgIpc) is 2.71. The Morgan fingerprint density at radius 3 is 2.10 bits per heavy atom. The van der Waals surface area contributed by atoms with Gasteiger partial charge >= 0.3 is 0 Å². The minimum absolute atomic E-state index is 0.104. The van der Waals surface area contributed by atoms with Gasteiger partial charge in [0.25, 0.3) is 0 Å². The summed E-state index contributed by atoms with van der Waals surface area (Å²) in [6, 6.07) is 17.5. The summed E-state index contributed by atoms with van der Waals surface area (Å²) in [6.07, 6.45) is 2.27. The van der Waals surface area contributed by atoms with Gasteiger partial charge < -0.3 is 10.6 Å². The molecule has 3 rings (SSSR count). The number of aryl methyl sites for hydroxylation is 1. The Kier molecular flexibility index (Phi) is 4.37. The van der Waals surface area contributed by atoms with Gasteiger partial charge in [0.05, 0.1) is 0 Å². The van der Waals surface area contributed by atoms with Gasteiger partial charge in [0.1, 0.15) is 0 Å². The third-order valence-electron chi connectivity index (χ3n) is 4.47. The molecular formula is C19H24N2. The highest BCUT2D eigenvalue weighted by molar-refractivity contribution is 5.29. The summed E-state index contributed by atoms with van der Waals surface area (Å²) in [5.41, 5.74) is 11.9. The third kappa shape index (κ3) is 3.52. The Labute approximate surface area is 127 Å². The molecule has 0 fully saturated rings. The Bertz CT molecular complexity index is 562. The number of fused-ring (bicyclic) bond motifs is 1. The maximum absolute atomic E-state index is 6.39. The van der Waals surface area contributed by atoms with Crippen molar-refractivity contribution in [2.75, 3.05) is 19.6 Å². The van der Waals surface area contributed by atoms with Crippen molar-refractivity contribution in [2.45, 2.75) is 25.8 Å². The Balaban J connectivity index is 1.63. The molecule has 2 aromatic carbocycles. The number of rotatable bonds is 3. The molecule has 0 bridgehead atoms. The average molecular weight is 280 g/mol. The first-order chi connectivity index (χ1) is 10.2. The van der Waals surface area contributed by atoms with Gasteiger partial charge in [0.15, 0.2) is 0 Å². The first kappa shape index (κ1) is 14.3. The van der Waals surface area contributed by atoms with Crippen molar-refractivity contribution in [3.8, 4) is 0 Å². The lowest BCUT2D eigenvalue weighted by atomic mass is 10.0. The van der Waals surface area contributed by atoms with Crippen LogP contribution in [0.4, 0.5) is 0 Å². The van der Waals surface area contributed by atoms with Crippen LogP contribution in [-0.4, -0.2) is 24.5 Å². The van der Waals surface area contributed by atoms with Crippen LogP contribution in [0.2, 0.25) is 0 Å². The van der Waals surface area contributed by atoms with Crippen LogP contribution in [0.25, 0.3) is 0 Å². The zero-order chi connectivity index (χ0) is 14.7. The van der Waals surface area contributed by atoms with E-state index >= 15 is 0 Å². The first-order valence-electron chi connectivity index (χ1n) is 7.83. The molecule has 0 saturated carbocycles. The van der Waals surface area contributed by atoms with Crippen molar-refractivity contribution >= 4 is 0 Å². The molecule has 0 amide bonds. The Morgan fingerprint density at radius 1 is 0.952 bits per heavy atom. The van der Waals surface area contributed by atoms with Gasteiger partial charge in [-0.3, -0.25) is 0 Å². The third-order valence-corrected chi connectivity index (χ3v) is 4.47. The highest BCUT2D eigenvalue weighted by atomic mass is 15.1. The minimum atomic E-state index is 0.104. The fourth-order valence-electron chi connectivity index (χ4n) is 3.09. The number of hydrogen-bond donors (Lipinski definition) is 1. The van der Waals surface area contributed by atoms with E-state index in [1.165, 1.54) is 22.3 Å². The summed E-state index contributed by atoms with van der Waals surface area (Å²) in [7, 11) is 0. The molecule has 2 heteroatoms. The molecule has 1 aliphatic heterocycles. The van der Waals surface area contributed by atoms with Crippen molar-refractivity contribution in [2.24, 2.45) is 5.73 Å². The molecule has 21 heavy (non-hydrogen) atoms. The van der Waals surface area contributed by atoms with Crippen LogP contribution >= 0.6 is 0 Å². The van der Waals surface area contributed by atoms with Crippen LogP contribution in [0.1, 0.15) is 28.3 Å². The predicted octanol–water partition coefficient (Wildman–Crippen LogP) is 3.10. The van der Waals surface area contributed by atoms with Gasteiger partial charge in [0.2, 0.25) is 0 Å². The Hall–Kier alpha value is -1.64. The largest absolute Gasteiger partial charge is 0.323 e. The number of benzene rings is 2. The molecule has 2 N–H and O–H groups in total. The SMILES string of the molecule is Cc1ccc(C(N)CN2CCc3ccccc3CC2)cc1. The lowest BCUT2D eigenvalue weighted by molar-refractivity contribution is 0.270. The molecule has 0 aliphatic carbocycles. The molecule has 0 spiro atoms. The molecule has 1 heterocycles. The van der Waals surface area contributed by atoms with E-state index in [-0.39, 0.29) is 6.04 Å². The van der Waals surface area contributed by atoms with Crippen molar-refractivity contribution < 1.29 is 0 Å². The van der Waals surface area contributed by atoms with Crippen LogP contribution in [0, 0.1) is 6.92 Å². The summed E-state index contributed by atoms with van der Waals surface area (Å²) < 4.78 is 0. The molecule has 1 aliphatic rings. The summed E-state index contributed by atoms with van der Waals surface area (Å²) in [6.45, 7) is 5.27. The van der Waals surface area contributed by atoms with E-state index in [4.69, 9.17) is 5.73 Å². The quantitative estimate of drug-likeness (QED) is 0.936. The zero-order valence-electron chi connectivity index (χ0n) is 12.8. The number of hydrogen-bond acceptors (Lipinski definition) is 2. The summed E-state index contributed by atoms with van der Waals surface area (Å²) in [4.78, 5) is 2.50. The van der Waals surface area contributed by atoms with Gasteiger partial charge in [-0.2, -0.15) is 0 Å². The van der Waals surface area contributed by atoms with Crippen molar-refractivity contribution in [3.05, 3.63) is 70.8 Å². The highest BCUT2D eigenvalue weighted by Gasteiger charge is 2.16. The van der Waals surface area contributed by atoms with Crippen LogP contribution in [0.5, 0.6) is 0 Å². The minimum Gasteiger partial charge on any atom is -0.323 e. The Morgan fingerprint density at radius 2 is 1.52 bits per heavy atom. The second-order valence-electron chi connectivity index (χ2n) is 6.09. The molecule has 1 atom stereocenters. The van der Waals surface area contributed by atoms with Gasteiger partial charge in [-0.05, 0) is 36.5 Å². The monoisotopic (exact) mass is 280 g/mol. The van der Waals surface area contributed by atoms with Gasteiger partial charge in [0, 0.05) is 25.7 Å². The lowest BCUT2D eigenvalue weighted by Gasteiger charge is -2.24. The molecular weight excluding hydrogens is 256 g/mol. The highest BCUT2D eigenvalue weighted by Crippen LogP contribution is 2.18. The lowest BCUT2D eigenvalue weighted by Crippen LogP contribution is -2.34. The van der Waals surface area contributed by atoms with Crippen LogP contribution < -0.4 is 5.73 Å². The maximum Gasteiger partial charge on any atom is 0.0424 e. The predicted molar refractivity (Wildman–Crippen MR) is 88.4 cm³/mol. The second-order valence-corrected chi connectivity index (χ2v) is 6.09. The summed E-state index contributed by atoms with van der Waals surface area (Å²) in [5.74, 6) is 0. The molecule has 2 nitrogen and oxygen atoms in total. The van der Waals surface area contributed by atoms with Crippen LogP contribution in [0.15, 0.2) is 48.5 Å². The number of nitrogens with two attached hydrogens (primary N) is 1. The summed E-state index contributed by atoms with van der Waals surface area (Å²) >= 11 is 0. The first-order valence-corrected chi connectivity index (χ1v) is 7.83. The fraction of sp³-hybridized carbons (Fsp3) is 0.368. The normalized spacial score (nSPS) is 17.0. The molecule has 1 unspecified atom stereocenters. The van der Waals surface area contributed by atoms with Gasteiger partial charge in [-0.25, -0.2) is 0 Å². The number of nitrogens with zero attached hydrogens (tertiary/aromatic N) is 1. The van der Waals surface area contributed by atoms with E-state index in [2.05, 4.69) is 60.4 Å². The van der Waals surface area contributed by atoms with E-state index in [1.54, 1.807) is 0 Å². The van der Waals surface area contributed by atoms with E-state index in [0.717, 1.165) is 32.5 Å². The molecule has 110 valence electrons. The maximum atomic E-state index is 6.39. The smallest absolute Gasteiger partial charge is 0.0424 e. The molecule has 0 aromatic heterocycles. The second kappa shape index (κ2) is 6.42. The zero-order valence-corrected chi connectivity index (χ0v) is 12.8. The van der Waals surface area contributed by atoms with E-state index in [0.29, 0.717) is 0 Å². The molecule has 2 aromatic rings. The fourth-order valence-corrected chi connectivity index (χ4v) is 3.09. The van der Waals surface area contributed by atoms with Crippen LogP contribution in [-0.2, 0) is 12.8 Å². The standard InChI is InChI=1S/C19H24N2/c1-15-6-8-18(9-7-15)19(20)14-21-12-10-16-4-2-3-5-17(16)11-13-21/h2-9,19H,10-14,20H2,1H3. The summed E-state index contributed by atoms with van der Waals surface area (Å²) in [5, 5.41) is 0. The molecule has 0 saturated heterocycles. The van der Waals surface area contributed by atoms with Crippen molar-refractivity contribution in [1.82, 2.24) is 4.90 Å². The molecule has 0 radical (unpaired) electrons. The van der Waals surface area contributed by atoms with Gasteiger partial charge in [-0.1, -0.05) is 54.1 Å². The van der Waals surface area contributed by atoms with Gasteiger partial charge in [-0.15, -0.1) is 0 Å². The van der Waals surface area contributed by atoms with E-state index < -0.39 is 0 Å². The van der Waals surface area contributed by atoms with Crippen molar-refractivity contribution in [3.63, 3.8) is 0 Å². The van der Waals surface area contributed by atoms with E-state index in [9.17, 15) is 0 Å². The topological polar surface area (TPSA) is 29.3 Å². The van der Waals surface area contributed by atoms with E-state index in [1.807, 2.05) is 0 Å². The van der Waals surface area contributed by atoms with Crippen LogP contribution in [0.3, 0.4) is 0 Å². The van der Waals surface area contributed by atoms with Crippen molar-refractivity contribution in [1.29, 1.82) is 0 Å².